The van der Waals surface area contributed by atoms with Gasteiger partial charge in [-0.25, -0.2) is 22.2 Å². The molecule has 49 heavy (non-hydrogen) atoms. The molecule has 0 radical (unpaired) electrons. The van der Waals surface area contributed by atoms with Crippen molar-refractivity contribution < 1.29 is 31.8 Å². The van der Waals surface area contributed by atoms with E-state index in [0.29, 0.717) is 47.8 Å². The summed E-state index contributed by atoms with van der Waals surface area (Å²) in [5, 5.41) is 10.2. The van der Waals surface area contributed by atoms with Crippen LogP contribution in [-0.2, 0) is 32.9 Å². The van der Waals surface area contributed by atoms with E-state index < -0.39 is 44.2 Å². The Morgan fingerprint density at radius 1 is 1.04 bits per heavy atom. The van der Waals surface area contributed by atoms with Crippen LogP contribution in [0.3, 0.4) is 0 Å². The molecule has 0 fully saturated rings. The molecule has 0 saturated heterocycles. The molecule has 0 amide bonds. The predicted molar refractivity (Wildman–Crippen MR) is 186 cm³/mol. The maximum atomic E-state index is 15.6. The zero-order valence-corrected chi connectivity index (χ0v) is 28.9. The minimum absolute atomic E-state index is 0.0321. The number of aryl methyl sites for hydroxylation is 1. The van der Waals surface area contributed by atoms with Crippen LogP contribution in [0.25, 0.3) is 22.3 Å². The molecule has 3 heterocycles. The van der Waals surface area contributed by atoms with Gasteiger partial charge >= 0.3 is 5.97 Å². The lowest BCUT2D eigenvalue weighted by molar-refractivity contribution is -0.141. The lowest BCUT2D eigenvalue weighted by atomic mass is 9.73. The number of halogens is 2. The number of sulfone groups is 1. The number of nitrogens with one attached hydrogen (secondary N) is 2. The number of carboxylic acids is 1. The molecule has 2 atom stereocenters. The first-order chi connectivity index (χ1) is 23.1. The fraction of sp³-hybridized carbons (Fsp3) is 0.368. The largest absolute Gasteiger partial charge is 0.481 e. The lowest BCUT2D eigenvalue weighted by Crippen LogP contribution is -2.29. The number of aliphatic carboxylic acids is 1. The zero-order valence-electron chi connectivity index (χ0n) is 28.1. The highest BCUT2D eigenvalue weighted by Gasteiger charge is 2.34. The van der Waals surface area contributed by atoms with Gasteiger partial charge in [-0.2, -0.15) is 0 Å². The molecule has 0 aliphatic carbocycles. The third kappa shape index (κ3) is 7.27. The van der Waals surface area contributed by atoms with Crippen molar-refractivity contribution in [1.82, 2.24) is 15.0 Å². The van der Waals surface area contributed by atoms with Crippen LogP contribution >= 0.6 is 0 Å². The minimum atomic E-state index is -3.58. The van der Waals surface area contributed by atoms with Crippen LogP contribution in [0, 0.1) is 23.0 Å². The van der Waals surface area contributed by atoms with Crippen molar-refractivity contribution in [1.29, 1.82) is 0 Å². The summed E-state index contributed by atoms with van der Waals surface area (Å²) in [4.78, 5) is 22.6. The van der Waals surface area contributed by atoms with Crippen molar-refractivity contribution in [2.45, 2.75) is 65.2 Å². The van der Waals surface area contributed by atoms with Crippen molar-refractivity contribution in [2.75, 3.05) is 11.5 Å². The molecule has 3 N–H and O–H groups in total. The van der Waals surface area contributed by atoms with Crippen molar-refractivity contribution in [3.63, 3.8) is 0 Å². The van der Waals surface area contributed by atoms with Crippen LogP contribution in [0.1, 0.15) is 69.3 Å². The normalized spacial score (nSPS) is 20.0. The highest BCUT2D eigenvalue weighted by atomic mass is 32.2. The summed E-state index contributed by atoms with van der Waals surface area (Å²) in [5.41, 5.74) is 2.25. The van der Waals surface area contributed by atoms with Gasteiger partial charge in [0.15, 0.2) is 21.4 Å². The van der Waals surface area contributed by atoms with Gasteiger partial charge in [0.25, 0.3) is 0 Å². The monoisotopic (exact) mass is 689 g/mol. The lowest BCUT2D eigenvalue weighted by Gasteiger charge is -2.31. The van der Waals surface area contributed by atoms with Gasteiger partial charge < -0.3 is 19.8 Å². The molecule has 11 heteroatoms. The number of aromatic amines is 2. The van der Waals surface area contributed by atoms with Gasteiger partial charge in [0, 0.05) is 40.3 Å². The molecule has 258 valence electrons. The Bertz CT molecular complexity index is 2140. The number of imidazole rings is 1. The Morgan fingerprint density at radius 3 is 2.61 bits per heavy atom. The molecule has 6 rings (SSSR count). The summed E-state index contributed by atoms with van der Waals surface area (Å²) in [6.45, 7) is 7.60. The van der Waals surface area contributed by atoms with Gasteiger partial charge in [0.1, 0.15) is 17.4 Å². The van der Waals surface area contributed by atoms with E-state index in [1.165, 1.54) is 24.3 Å². The van der Waals surface area contributed by atoms with Gasteiger partial charge in [0.2, 0.25) is 0 Å². The first-order valence-corrected chi connectivity index (χ1v) is 18.3. The van der Waals surface area contributed by atoms with Gasteiger partial charge in [-0.15, -0.1) is 0 Å². The van der Waals surface area contributed by atoms with Gasteiger partial charge in [-0.1, -0.05) is 51.5 Å². The number of ether oxygens (including phenoxy) is 1. The Balaban J connectivity index is 1.47. The SMILES string of the molecule is C[C@@H](Cc1cccc(C2(C)CCCC(C)(C)CS(=O)(=O)CCc3c(c(F)cc4[nH]ccc34)Oc3ccc(F)c(c3)-c3nc2c[nH]3)c1)C(=O)O. The maximum absolute atomic E-state index is 15.6. The number of H-pyrrole nitrogens is 2. The Hall–Kier alpha value is -4.51. The average molecular weight is 690 g/mol. The van der Waals surface area contributed by atoms with E-state index in [-0.39, 0.29) is 40.8 Å². The topological polar surface area (TPSA) is 125 Å². The van der Waals surface area contributed by atoms with Gasteiger partial charge in [-0.3, -0.25) is 4.79 Å². The van der Waals surface area contributed by atoms with E-state index in [9.17, 15) is 18.3 Å². The number of benzene rings is 3. The third-order valence-corrected chi connectivity index (χ3v) is 11.8. The molecule has 2 aromatic heterocycles. The summed E-state index contributed by atoms with van der Waals surface area (Å²) < 4.78 is 64.3. The number of nitrogens with zero attached hydrogens (tertiary/aromatic N) is 1. The number of hydrogen-bond donors (Lipinski definition) is 3. The molecule has 8 nitrogen and oxygen atoms in total. The van der Waals surface area contributed by atoms with E-state index >= 15 is 8.78 Å². The second kappa shape index (κ2) is 13.1. The van der Waals surface area contributed by atoms with Crippen molar-refractivity contribution in [2.24, 2.45) is 11.3 Å². The second-order valence-corrected chi connectivity index (χ2v) is 16.5. The number of hydrogen-bond acceptors (Lipinski definition) is 5. The van der Waals surface area contributed by atoms with Gasteiger partial charge in [0.05, 0.1) is 28.7 Å². The number of carboxylic acid groups (broad SMARTS) is 1. The van der Waals surface area contributed by atoms with E-state index in [1.54, 1.807) is 25.4 Å². The first-order valence-electron chi connectivity index (χ1n) is 16.5. The molecular weight excluding hydrogens is 648 g/mol. The minimum Gasteiger partial charge on any atom is -0.481 e. The molecule has 0 spiro atoms. The van der Waals surface area contributed by atoms with E-state index in [1.807, 2.05) is 45.0 Å². The third-order valence-electron chi connectivity index (χ3n) is 9.75. The average Bonchev–Trinajstić information content (AvgIpc) is 3.71. The standard InChI is InChI=1S/C38H41F2N3O5S/c1-23(36(44)45)17-24-7-5-8-25(18-24)38(4)14-6-13-37(2,3)22-49(46,47)16-12-28-27-11-15-41-32(27)20-31(40)34(28)48-26-9-10-30(39)29(19-26)35-42-21-33(38)43-35/h5,7-11,15,18-21,23,41H,6,12-14,16-17,22H2,1-4H3,(H,42,43)(H,44,45)/t23-,38?/m0/s1. The zero-order chi connectivity index (χ0) is 35.1. The summed E-state index contributed by atoms with van der Waals surface area (Å²) in [6.07, 6.45) is 5.66. The van der Waals surface area contributed by atoms with Crippen LogP contribution in [-0.4, -0.2) is 46.0 Å². The first kappa shape index (κ1) is 34.4. The molecule has 5 aromatic rings. The fourth-order valence-electron chi connectivity index (χ4n) is 7.01. The summed E-state index contributed by atoms with van der Waals surface area (Å²) >= 11 is 0. The molecule has 1 aliphatic heterocycles. The molecule has 3 aromatic carbocycles. The van der Waals surface area contributed by atoms with Crippen LogP contribution < -0.4 is 4.74 Å². The van der Waals surface area contributed by atoms with Crippen LogP contribution in [0.15, 0.2) is 67.0 Å². The molecular formula is C38H41F2N3O5S. The predicted octanol–water partition coefficient (Wildman–Crippen LogP) is 8.37. The smallest absolute Gasteiger partial charge is 0.306 e. The number of aromatic nitrogens is 3. The Labute approximate surface area is 284 Å². The number of fused-ring (bicyclic) bond motifs is 8. The highest BCUT2D eigenvalue weighted by molar-refractivity contribution is 7.91. The summed E-state index contributed by atoms with van der Waals surface area (Å²) in [5.74, 6) is -2.58. The molecule has 4 bridgehead atoms. The van der Waals surface area contributed by atoms with Crippen LogP contribution in [0.4, 0.5) is 8.78 Å². The molecule has 0 saturated carbocycles. The van der Waals surface area contributed by atoms with Crippen LogP contribution in [0.5, 0.6) is 11.5 Å². The Kier molecular flexibility index (Phi) is 9.17. The van der Waals surface area contributed by atoms with Crippen molar-refractivity contribution >= 4 is 26.7 Å². The maximum Gasteiger partial charge on any atom is 0.306 e. The molecule has 1 unspecified atom stereocenters. The van der Waals surface area contributed by atoms with Crippen molar-refractivity contribution in [3.8, 4) is 22.9 Å². The highest BCUT2D eigenvalue weighted by Crippen LogP contribution is 2.41. The Morgan fingerprint density at radius 2 is 1.84 bits per heavy atom. The summed E-state index contributed by atoms with van der Waals surface area (Å²) in [7, 11) is -3.58. The molecule has 1 aliphatic rings. The van der Waals surface area contributed by atoms with Crippen LogP contribution in [0.2, 0.25) is 0 Å². The van der Waals surface area contributed by atoms with E-state index in [0.717, 1.165) is 11.1 Å². The summed E-state index contributed by atoms with van der Waals surface area (Å²) in [6, 6.07) is 14.9. The van der Waals surface area contributed by atoms with E-state index in [2.05, 4.69) is 9.97 Å². The number of rotatable bonds is 4. The second-order valence-electron chi connectivity index (χ2n) is 14.3. The quantitative estimate of drug-likeness (QED) is 0.174. The van der Waals surface area contributed by atoms with Crippen molar-refractivity contribution in [3.05, 3.63) is 101 Å². The van der Waals surface area contributed by atoms with E-state index in [4.69, 9.17) is 9.72 Å². The van der Waals surface area contributed by atoms with Gasteiger partial charge in [-0.05, 0) is 73.4 Å². The fourth-order valence-corrected chi connectivity index (χ4v) is 9.01. The number of carbonyl (C=O) groups is 1.